The second kappa shape index (κ2) is 8.17. The Balaban J connectivity index is 1.79. The Morgan fingerprint density at radius 3 is 2.86 bits per heavy atom. The Morgan fingerprint density at radius 1 is 1.29 bits per heavy atom. The van der Waals surface area contributed by atoms with E-state index in [1.54, 1.807) is 7.11 Å². The number of H-pyrrole nitrogens is 1. The van der Waals surface area contributed by atoms with Crippen molar-refractivity contribution in [2.24, 2.45) is 0 Å². The summed E-state index contributed by atoms with van der Waals surface area (Å²) in [5.41, 5.74) is 3.40. The number of nitrogens with zero attached hydrogens (tertiary/aromatic N) is 3. The minimum absolute atomic E-state index is 0.00211. The van der Waals surface area contributed by atoms with Gasteiger partial charge in [-0.3, -0.25) is 14.8 Å². The Bertz CT molecular complexity index is 1110. The molecule has 0 bridgehead atoms. The minimum Gasteiger partial charge on any atom is -0.384 e. The Labute approximate surface area is 164 Å². The van der Waals surface area contributed by atoms with Crippen LogP contribution in [0, 0.1) is 11.8 Å². The fraction of sp³-hybridized carbons (Fsp3) is 0.455. The number of rotatable bonds is 5. The number of ether oxygens (including phenoxy) is 1. The van der Waals surface area contributed by atoms with E-state index in [1.165, 1.54) is 12.8 Å². The molecular formula is C22H26N4O2. The molecule has 28 heavy (non-hydrogen) atoms. The van der Waals surface area contributed by atoms with Crippen molar-refractivity contribution >= 4 is 21.8 Å². The van der Waals surface area contributed by atoms with Gasteiger partial charge in [0.2, 0.25) is 0 Å². The first-order chi connectivity index (χ1) is 13.7. The van der Waals surface area contributed by atoms with E-state index in [-0.39, 0.29) is 5.56 Å². The van der Waals surface area contributed by atoms with Gasteiger partial charge in [-0.2, -0.15) is 5.10 Å². The molecule has 0 spiro atoms. The van der Waals surface area contributed by atoms with Crippen molar-refractivity contribution in [2.75, 3.05) is 33.4 Å². The predicted molar refractivity (Wildman–Crippen MR) is 112 cm³/mol. The summed E-state index contributed by atoms with van der Waals surface area (Å²) in [6.45, 7) is 6.25. The largest absolute Gasteiger partial charge is 0.384 e. The Hall–Kier alpha value is -2.62. The van der Waals surface area contributed by atoms with Crippen molar-refractivity contribution in [3.8, 4) is 11.8 Å². The molecule has 4 rings (SSSR count). The summed E-state index contributed by atoms with van der Waals surface area (Å²) in [5, 5.41) is 9.14. The van der Waals surface area contributed by atoms with Crippen LogP contribution in [-0.2, 0) is 17.7 Å². The van der Waals surface area contributed by atoms with Gasteiger partial charge in [-0.1, -0.05) is 11.8 Å². The molecule has 146 valence electrons. The fourth-order valence-electron chi connectivity index (χ4n) is 3.98. The molecule has 1 aromatic carbocycles. The normalized spacial score (nSPS) is 14.6. The number of hydrogen-bond donors (Lipinski definition) is 1. The van der Waals surface area contributed by atoms with E-state index in [9.17, 15) is 4.79 Å². The second-order valence-electron chi connectivity index (χ2n) is 7.23. The van der Waals surface area contributed by atoms with Crippen LogP contribution in [0.25, 0.3) is 21.8 Å². The van der Waals surface area contributed by atoms with Gasteiger partial charge in [-0.15, -0.1) is 0 Å². The lowest BCUT2D eigenvalue weighted by molar-refractivity contribution is 0.201. The van der Waals surface area contributed by atoms with Crippen molar-refractivity contribution in [2.45, 2.75) is 32.7 Å². The Kier molecular flexibility index (Phi) is 5.47. The average Bonchev–Trinajstić information content (AvgIpc) is 3.37. The van der Waals surface area contributed by atoms with Crippen molar-refractivity contribution in [1.29, 1.82) is 0 Å². The first-order valence-corrected chi connectivity index (χ1v) is 9.96. The molecule has 1 aliphatic rings. The average molecular weight is 378 g/mol. The summed E-state index contributed by atoms with van der Waals surface area (Å²) in [6, 6.07) is 6.04. The van der Waals surface area contributed by atoms with Crippen molar-refractivity contribution in [3.63, 3.8) is 0 Å². The number of aromatic nitrogens is 3. The fourth-order valence-corrected chi connectivity index (χ4v) is 3.98. The van der Waals surface area contributed by atoms with Crippen LogP contribution in [-0.4, -0.2) is 53.0 Å². The third-order valence-electron chi connectivity index (χ3n) is 5.45. The standard InChI is InChI=1S/C22H26N4O2/c1-3-26-19-9-8-16(7-6-13-25-11-4-5-12-25)15-17(19)21-20(22(26)27)18(23-24-21)10-14-28-2/h8-9,15H,3-5,10-14H2,1-2H3,(H,23,24). The molecule has 3 heterocycles. The molecule has 3 aromatic rings. The van der Waals surface area contributed by atoms with Crippen LogP contribution in [0.4, 0.5) is 0 Å². The highest BCUT2D eigenvalue weighted by molar-refractivity contribution is 6.04. The number of methoxy groups -OCH3 is 1. The maximum Gasteiger partial charge on any atom is 0.262 e. The quantitative estimate of drug-likeness (QED) is 0.693. The van der Waals surface area contributed by atoms with Gasteiger partial charge in [0.15, 0.2) is 0 Å². The molecule has 0 aliphatic carbocycles. The van der Waals surface area contributed by atoms with E-state index in [2.05, 4.69) is 33.0 Å². The van der Waals surface area contributed by atoms with Gasteiger partial charge in [-0.25, -0.2) is 0 Å². The third kappa shape index (κ3) is 3.44. The zero-order valence-corrected chi connectivity index (χ0v) is 16.5. The van der Waals surface area contributed by atoms with Crippen LogP contribution in [0.2, 0.25) is 0 Å². The lowest BCUT2D eigenvalue weighted by Crippen LogP contribution is -2.20. The van der Waals surface area contributed by atoms with Crippen LogP contribution in [0.5, 0.6) is 0 Å². The van der Waals surface area contributed by atoms with Gasteiger partial charge >= 0.3 is 0 Å². The molecule has 0 unspecified atom stereocenters. The van der Waals surface area contributed by atoms with Gasteiger partial charge < -0.3 is 9.30 Å². The molecule has 1 fully saturated rings. The number of likely N-dealkylation sites (tertiary alicyclic amines) is 1. The summed E-state index contributed by atoms with van der Waals surface area (Å²) in [7, 11) is 1.66. The number of pyridine rings is 1. The van der Waals surface area contributed by atoms with E-state index >= 15 is 0 Å². The van der Waals surface area contributed by atoms with Gasteiger partial charge in [-0.05, 0) is 51.1 Å². The molecule has 1 aliphatic heterocycles. The van der Waals surface area contributed by atoms with E-state index in [0.29, 0.717) is 25.0 Å². The highest BCUT2D eigenvalue weighted by Gasteiger charge is 2.16. The molecule has 2 aromatic heterocycles. The van der Waals surface area contributed by atoms with Crippen LogP contribution in [0.3, 0.4) is 0 Å². The zero-order chi connectivity index (χ0) is 19.5. The van der Waals surface area contributed by atoms with Crippen LogP contribution in [0.15, 0.2) is 23.0 Å². The molecule has 6 nitrogen and oxygen atoms in total. The molecule has 0 atom stereocenters. The topological polar surface area (TPSA) is 63.1 Å². The number of benzene rings is 1. The van der Waals surface area contributed by atoms with E-state index in [1.807, 2.05) is 23.6 Å². The molecule has 0 amide bonds. The number of aryl methyl sites for hydroxylation is 1. The van der Waals surface area contributed by atoms with Crippen molar-refractivity contribution < 1.29 is 4.74 Å². The molecule has 1 saturated heterocycles. The smallest absolute Gasteiger partial charge is 0.262 e. The molecule has 0 radical (unpaired) electrons. The van der Waals surface area contributed by atoms with Gasteiger partial charge in [0.05, 0.1) is 29.7 Å². The lowest BCUT2D eigenvalue weighted by Gasteiger charge is -2.10. The Morgan fingerprint density at radius 2 is 2.11 bits per heavy atom. The monoisotopic (exact) mass is 378 g/mol. The summed E-state index contributed by atoms with van der Waals surface area (Å²) in [4.78, 5) is 15.4. The third-order valence-corrected chi connectivity index (χ3v) is 5.45. The highest BCUT2D eigenvalue weighted by Crippen LogP contribution is 2.24. The lowest BCUT2D eigenvalue weighted by atomic mass is 10.1. The highest BCUT2D eigenvalue weighted by atomic mass is 16.5. The second-order valence-corrected chi connectivity index (χ2v) is 7.23. The SMILES string of the molecule is CCn1c(=O)c2c(CCOC)[nH]nc2c2cc(C#CCN3CCCC3)ccc21. The number of aromatic amines is 1. The number of nitrogens with one attached hydrogen (secondary N) is 1. The molecule has 6 heteroatoms. The first-order valence-electron chi connectivity index (χ1n) is 9.96. The predicted octanol–water partition coefficient (Wildman–Crippen LogP) is 2.53. The summed E-state index contributed by atoms with van der Waals surface area (Å²) >= 11 is 0. The molecular weight excluding hydrogens is 352 g/mol. The number of hydrogen-bond acceptors (Lipinski definition) is 4. The van der Waals surface area contributed by atoms with Gasteiger partial charge in [0.1, 0.15) is 5.52 Å². The first kappa shape index (κ1) is 18.7. The van der Waals surface area contributed by atoms with Crippen LogP contribution >= 0.6 is 0 Å². The van der Waals surface area contributed by atoms with Crippen molar-refractivity contribution in [3.05, 3.63) is 39.8 Å². The number of fused-ring (bicyclic) bond motifs is 3. The van der Waals surface area contributed by atoms with E-state index < -0.39 is 0 Å². The zero-order valence-electron chi connectivity index (χ0n) is 16.5. The minimum atomic E-state index is -0.00211. The molecule has 0 saturated carbocycles. The summed E-state index contributed by atoms with van der Waals surface area (Å²) < 4.78 is 6.99. The van der Waals surface area contributed by atoms with Gasteiger partial charge in [0.25, 0.3) is 5.56 Å². The maximum atomic E-state index is 13.1. The van der Waals surface area contributed by atoms with E-state index in [0.717, 1.165) is 47.3 Å². The van der Waals surface area contributed by atoms with Gasteiger partial charge in [0, 0.05) is 31.0 Å². The summed E-state index contributed by atoms with van der Waals surface area (Å²) in [5.74, 6) is 6.58. The van der Waals surface area contributed by atoms with Crippen LogP contribution in [0.1, 0.15) is 31.0 Å². The maximum absolute atomic E-state index is 13.1. The van der Waals surface area contributed by atoms with Crippen molar-refractivity contribution in [1.82, 2.24) is 19.7 Å². The van der Waals surface area contributed by atoms with E-state index in [4.69, 9.17) is 4.74 Å². The summed E-state index contributed by atoms with van der Waals surface area (Å²) in [6.07, 6.45) is 3.18. The molecule has 1 N–H and O–H groups in total. The van der Waals surface area contributed by atoms with Crippen LogP contribution < -0.4 is 5.56 Å².